The normalized spacial score (nSPS) is 11.8. The summed E-state index contributed by atoms with van der Waals surface area (Å²) in [5, 5.41) is 20.1. The van der Waals surface area contributed by atoms with Gasteiger partial charge in [-0.15, -0.1) is 10.2 Å². The molecule has 1 heterocycles. The fourth-order valence-electron chi connectivity index (χ4n) is 3.57. The summed E-state index contributed by atoms with van der Waals surface area (Å²) in [6.07, 6.45) is 0. The van der Waals surface area contributed by atoms with Crippen LogP contribution in [0.2, 0.25) is 0 Å². The third kappa shape index (κ3) is 6.26. The molecule has 1 aromatic heterocycles. The number of aromatic nitrogens is 3. The van der Waals surface area contributed by atoms with E-state index >= 15 is 0 Å². The Bertz CT molecular complexity index is 1350. The van der Waals surface area contributed by atoms with Crippen molar-refractivity contribution in [3.05, 3.63) is 103 Å². The number of methoxy groups -OCH3 is 1. The van der Waals surface area contributed by atoms with E-state index in [0.29, 0.717) is 39.1 Å². The first-order chi connectivity index (χ1) is 17.4. The third-order valence-electron chi connectivity index (χ3n) is 5.29. The molecule has 0 fully saturated rings. The summed E-state index contributed by atoms with van der Waals surface area (Å²) in [7, 11) is 1.54. The molecule has 0 saturated carbocycles. The second-order valence-corrected chi connectivity index (χ2v) is 10.7. The summed E-state index contributed by atoms with van der Waals surface area (Å²) in [6, 6.07) is 21.1. The third-order valence-corrected chi connectivity index (χ3v) is 7.59. The first-order valence-electron chi connectivity index (χ1n) is 10.9. The van der Waals surface area contributed by atoms with Crippen LogP contribution >= 0.6 is 43.6 Å². The molecule has 0 aliphatic rings. The van der Waals surface area contributed by atoms with E-state index in [1.807, 2.05) is 72.2 Å². The minimum atomic E-state index is -0.545. The molecule has 186 valence electrons. The summed E-state index contributed by atoms with van der Waals surface area (Å²) >= 11 is 8.29. The topological polar surface area (TPSA) is 92.3 Å². The van der Waals surface area contributed by atoms with Gasteiger partial charge in [-0.3, -0.25) is 14.7 Å². The summed E-state index contributed by atoms with van der Waals surface area (Å²) in [4.78, 5) is 11.3. The van der Waals surface area contributed by atoms with Gasteiger partial charge in [0.1, 0.15) is 17.7 Å². The number of ether oxygens (including phenoxy) is 2. The van der Waals surface area contributed by atoms with E-state index in [1.165, 1.54) is 11.8 Å². The summed E-state index contributed by atoms with van der Waals surface area (Å²) in [6.45, 7) is 1.89. The van der Waals surface area contributed by atoms with Crippen LogP contribution in [0.4, 0.5) is 0 Å². The van der Waals surface area contributed by atoms with Crippen molar-refractivity contribution in [1.29, 1.82) is 0 Å². The molecule has 0 aliphatic carbocycles. The molecule has 0 N–H and O–H groups in total. The van der Waals surface area contributed by atoms with Crippen molar-refractivity contribution in [1.82, 2.24) is 14.8 Å². The van der Waals surface area contributed by atoms with Gasteiger partial charge in [0.2, 0.25) is 6.54 Å². The Morgan fingerprint density at radius 2 is 1.81 bits per heavy atom. The lowest BCUT2D eigenvalue weighted by atomic mass is 10.1. The lowest BCUT2D eigenvalue weighted by Gasteiger charge is -2.18. The molecule has 4 rings (SSSR count). The lowest BCUT2D eigenvalue weighted by Crippen LogP contribution is -2.12. The Morgan fingerprint density at radius 1 is 1.08 bits per heavy atom. The van der Waals surface area contributed by atoms with Crippen molar-refractivity contribution in [2.45, 2.75) is 23.9 Å². The largest absolute Gasteiger partial charge is 0.493 e. The van der Waals surface area contributed by atoms with Gasteiger partial charge >= 0.3 is 0 Å². The molecule has 0 aliphatic heterocycles. The molecule has 0 radical (unpaired) electrons. The average molecular weight is 634 g/mol. The van der Waals surface area contributed by atoms with Crippen LogP contribution in [0.1, 0.15) is 22.2 Å². The molecule has 0 unspecified atom stereocenters. The second-order valence-electron chi connectivity index (χ2n) is 7.77. The van der Waals surface area contributed by atoms with Crippen molar-refractivity contribution < 1.29 is 14.4 Å². The van der Waals surface area contributed by atoms with E-state index in [2.05, 4.69) is 42.1 Å². The maximum atomic E-state index is 11.6. The summed E-state index contributed by atoms with van der Waals surface area (Å²) < 4.78 is 15.2. The zero-order chi connectivity index (χ0) is 25.7. The number of rotatable bonds is 10. The van der Waals surface area contributed by atoms with Gasteiger partial charge < -0.3 is 9.47 Å². The van der Waals surface area contributed by atoms with Crippen LogP contribution in [0, 0.1) is 17.0 Å². The van der Waals surface area contributed by atoms with Crippen LogP contribution in [0.3, 0.4) is 0 Å². The van der Waals surface area contributed by atoms with Gasteiger partial charge in [0.15, 0.2) is 16.7 Å². The lowest BCUT2D eigenvalue weighted by molar-refractivity contribution is -0.479. The van der Waals surface area contributed by atoms with E-state index in [0.717, 1.165) is 15.7 Å². The summed E-state index contributed by atoms with van der Waals surface area (Å²) in [5.41, 5.74) is 2.59. The monoisotopic (exact) mass is 632 g/mol. The number of nitro groups is 1. The Balaban J connectivity index is 1.64. The maximum Gasteiger partial charge on any atom is 0.220 e. The fraction of sp³-hybridized carbons (Fsp3) is 0.200. The highest BCUT2D eigenvalue weighted by Crippen LogP contribution is 2.43. The number of benzene rings is 3. The van der Waals surface area contributed by atoms with Crippen molar-refractivity contribution in [2.24, 2.45) is 0 Å². The number of hydrogen-bond donors (Lipinski definition) is 0. The number of thioether (sulfide) groups is 1. The predicted octanol–water partition coefficient (Wildman–Crippen LogP) is 6.80. The highest BCUT2D eigenvalue weighted by atomic mass is 79.9. The number of nitrogens with zero attached hydrogens (tertiary/aromatic N) is 4. The highest BCUT2D eigenvalue weighted by Gasteiger charge is 2.26. The molecule has 0 saturated heterocycles. The molecule has 1 atom stereocenters. The van der Waals surface area contributed by atoms with Crippen LogP contribution in [-0.4, -0.2) is 33.3 Å². The quantitative estimate of drug-likeness (QED) is 0.108. The van der Waals surface area contributed by atoms with Crippen LogP contribution in [0.25, 0.3) is 5.69 Å². The molecule has 0 amide bonds. The second kappa shape index (κ2) is 11.9. The van der Waals surface area contributed by atoms with Crippen molar-refractivity contribution in [3.8, 4) is 17.2 Å². The summed E-state index contributed by atoms with van der Waals surface area (Å²) in [5.74, 6) is 1.70. The molecular weight excluding hydrogens is 612 g/mol. The Labute approximate surface area is 229 Å². The minimum absolute atomic E-state index is 0.306. The molecule has 11 heteroatoms. The van der Waals surface area contributed by atoms with Crippen LogP contribution in [-0.2, 0) is 6.61 Å². The predicted molar refractivity (Wildman–Crippen MR) is 146 cm³/mol. The minimum Gasteiger partial charge on any atom is -0.493 e. The van der Waals surface area contributed by atoms with Crippen LogP contribution < -0.4 is 9.47 Å². The van der Waals surface area contributed by atoms with Crippen molar-refractivity contribution in [3.63, 3.8) is 0 Å². The Kier molecular flexibility index (Phi) is 8.65. The van der Waals surface area contributed by atoms with Gasteiger partial charge in [-0.2, -0.15) is 0 Å². The van der Waals surface area contributed by atoms with Gasteiger partial charge in [-0.25, -0.2) is 0 Å². The van der Waals surface area contributed by atoms with E-state index in [9.17, 15) is 10.1 Å². The average Bonchev–Trinajstić information content (AvgIpc) is 3.23. The van der Waals surface area contributed by atoms with Gasteiger partial charge in [-0.1, -0.05) is 58.0 Å². The molecule has 0 bridgehead atoms. The SMILES string of the molecule is COc1cc([C@@H](C[N+](=O)[O-])Sc2nnc(C)n2-c2ccccc2)cc(Br)c1OCc1ccc(Br)cc1. The Hall–Kier alpha value is -2.89. The molecular formula is C25H22Br2N4O4S. The number of halogens is 2. The maximum absolute atomic E-state index is 11.6. The van der Waals surface area contributed by atoms with Crippen molar-refractivity contribution >= 4 is 43.6 Å². The first-order valence-corrected chi connectivity index (χ1v) is 13.3. The highest BCUT2D eigenvalue weighted by molar-refractivity contribution is 9.10. The van der Waals surface area contributed by atoms with E-state index in [1.54, 1.807) is 13.2 Å². The first kappa shape index (κ1) is 26.2. The van der Waals surface area contributed by atoms with Gasteiger partial charge in [0.25, 0.3) is 0 Å². The Morgan fingerprint density at radius 3 is 2.47 bits per heavy atom. The number of hydrogen-bond acceptors (Lipinski definition) is 7. The zero-order valence-electron chi connectivity index (χ0n) is 19.4. The van der Waals surface area contributed by atoms with E-state index in [-0.39, 0.29) is 11.5 Å². The number of aryl methyl sites for hydroxylation is 1. The smallest absolute Gasteiger partial charge is 0.220 e. The molecule has 3 aromatic carbocycles. The molecule has 36 heavy (non-hydrogen) atoms. The van der Waals surface area contributed by atoms with Crippen LogP contribution in [0.5, 0.6) is 11.5 Å². The van der Waals surface area contributed by atoms with Crippen LogP contribution in [0.15, 0.2) is 80.8 Å². The van der Waals surface area contributed by atoms with E-state index in [4.69, 9.17) is 9.47 Å². The number of para-hydroxylation sites is 1. The standard InChI is InChI=1S/C25H22Br2N4O4S/c1-16-28-29-25(31(16)20-6-4-3-5-7-20)36-23(14-30(32)33)18-12-21(27)24(22(13-18)34-2)35-15-17-8-10-19(26)11-9-17/h3-13,23H,14-15H2,1-2H3/t23-/m1/s1. The fourth-order valence-corrected chi connectivity index (χ4v) is 5.56. The molecule has 8 nitrogen and oxygen atoms in total. The van der Waals surface area contributed by atoms with Gasteiger partial charge in [0.05, 0.1) is 11.6 Å². The van der Waals surface area contributed by atoms with Crippen molar-refractivity contribution in [2.75, 3.05) is 13.7 Å². The molecule has 0 spiro atoms. The van der Waals surface area contributed by atoms with E-state index < -0.39 is 5.25 Å². The zero-order valence-corrected chi connectivity index (χ0v) is 23.4. The van der Waals surface area contributed by atoms with Gasteiger partial charge in [0, 0.05) is 15.1 Å². The molecule has 4 aromatic rings. The van der Waals surface area contributed by atoms with Gasteiger partial charge in [-0.05, 0) is 70.4 Å².